The maximum Gasteiger partial charge on any atom is 0.475 e. The van der Waals surface area contributed by atoms with Crippen LogP contribution >= 0.6 is 15.6 Å². The van der Waals surface area contributed by atoms with Crippen molar-refractivity contribution in [3.63, 3.8) is 0 Å². The molecular formula is C18H31NO11P2. The van der Waals surface area contributed by atoms with E-state index in [2.05, 4.69) is 5.32 Å². The monoisotopic (exact) mass is 499 g/mol. The maximum atomic E-state index is 12.8. The van der Waals surface area contributed by atoms with Gasteiger partial charge in [-0.3, -0.25) is 31.9 Å². The standard InChI is InChI=1S/C18H31NO11P2/c1-5-25-31(23,26-6-2)29-13-15(30-32(24,27-7-3)28-8-4)12-19-18(22)16-10-9-14(20)11-17(16)21/h9-11,15,20-21H,5-8,12-13H2,1-4H3,(H,19,22). The Kier molecular flexibility index (Phi) is 12.4. The zero-order chi connectivity index (χ0) is 24.2. The zero-order valence-corrected chi connectivity index (χ0v) is 20.3. The molecule has 14 heteroatoms. The third-order valence-electron chi connectivity index (χ3n) is 3.56. The molecule has 0 bridgehead atoms. The summed E-state index contributed by atoms with van der Waals surface area (Å²) in [6.45, 7) is 5.79. The summed E-state index contributed by atoms with van der Waals surface area (Å²) in [5.41, 5.74) is -0.116. The largest absolute Gasteiger partial charge is 0.508 e. The lowest BCUT2D eigenvalue weighted by Crippen LogP contribution is -2.36. The van der Waals surface area contributed by atoms with Gasteiger partial charge in [0.15, 0.2) is 0 Å². The predicted molar refractivity (Wildman–Crippen MR) is 115 cm³/mol. The van der Waals surface area contributed by atoms with Crippen molar-refractivity contribution >= 4 is 21.6 Å². The summed E-state index contributed by atoms with van der Waals surface area (Å²) < 4.78 is 56.3. The second-order valence-electron chi connectivity index (χ2n) is 6.00. The Hall–Kier alpha value is -1.49. The Morgan fingerprint density at radius 1 is 0.906 bits per heavy atom. The predicted octanol–water partition coefficient (Wildman–Crippen LogP) is 3.59. The van der Waals surface area contributed by atoms with Crippen molar-refractivity contribution in [2.45, 2.75) is 33.8 Å². The third kappa shape index (κ3) is 9.56. The molecule has 1 atom stereocenters. The highest BCUT2D eigenvalue weighted by molar-refractivity contribution is 7.48. The molecule has 3 N–H and O–H groups in total. The molecule has 1 amide bonds. The molecular weight excluding hydrogens is 468 g/mol. The van der Waals surface area contributed by atoms with Gasteiger partial charge in [-0.05, 0) is 39.8 Å². The van der Waals surface area contributed by atoms with Gasteiger partial charge in [-0.15, -0.1) is 0 Å². The van der Waals surface area contributed by atoms with E-state index in [1.165, 1.54) is 12.1 Å². The van der Waals surface area contributed by atoms with Crippen LogP contribution < -0.4 is 5.32 Å². The third-order valence-corrected chi connectivity index (χ3v) is 6.88. The molecule has 0 radical (unpaired) electrons. The lowest BCUT2D eigenvalue weighted by Gasteiger charge is -2.25. The van der Waals surface area contributed by atoms with E-state index < -0.39 is 40.0 Å². The molecule has 0 fully saturated rings. The first kappa shape index (κ1) is 28.5. The molecule has 1 aromatic carbocycles. The summed E-state index contributed by atoms with van der Waals surface area (Å²) in [6, 6.07) is 3.45. The molecule has 184 valence electrons. The molecule has 0 saturated heterocycles. The molecule has 0 heterocycles. The highest BCUT2D eigenvalue weighted by Gasteiger charge is 2.33. The van der Waals surface area contributed by atoms with E-state index in [4.69, 9.17) is 27.1 Å². The minimum absolute atomic E-state index is 0.0228. The summed E-state index contributed by atoms with van der Waals surface area (Å²) in [4.78, 5) is 12.4. The normalized spacial score (nSPS) is 13.1. The molecule has 0 aliphatic heterocycles. The first-order chi connectivity index (χ1) is 15.1. The van der Waals surface area contributed by atoms with Gasteiger partial charge in [0.05, 0.1) is 38.6 Å². The highest BCUT2D eigenvalue weighted by atomic mass is 31.2. The number of phenolic OH excluding ortho intramolecular Hbond substituents is 2. The van der Waals surface area contributed by atoms with Gasteiger partial charge in [0.2, 0.25) is 0 Å². The Morgan fingerprint density at radius 2 is 1.44 bits per heavy atom. The van der Waals surface area contributed by atoms with Crippen LogP contribution in [-0.4, -0.2) is 61.8 Å². The van der Waals surface area contributed by atoms with Crippen molar-refractivity contribution in [1.29, 1.82) is 0 Å². The van der Waals surface area contributed by atoms with Crippen molar-refractivity contribution < 1.29 is 51.3 Å². The molecule has 1 aromatic rings. The van der Waals surface area contributed by atoms with E-state index in [0.717, 1.165) is 6.07 Å². The average Bonchev–Trinajstić information content (AvgIpc) is 2.70. The number of hydrogen-bond donors (Lipinski definition) is 3. The average molecular weight is 499 g/mol. The number of carbonyl (C=O) groups excluding carboxylic acids is 1. The van der Waals surface area contributed by atoms with Crippen LogP contribution in [0, 0.1) is 0 Å². The molecule has 1 rings (SSSR count). The van der Waals surface area contributed by atoms with Crippen LogP contribution in [0.2, 0.25) is 0 Å². The van der Waals surface area contributed by atoms with Crippen LogP contribution in [0.5, 0.6) is 11.5 Å². The SMILES string of the molecule is CCOP(=O)(OCC)OCC(CNC(=O)c1ccc(O)cc1O)OP(=O)(OCC)OCC. The number of aromatic hydroxyl groups is 2. The van der Waals surface area contributed by atoms with Gasteiger partial charge in [0.25, 0.3) is 5.91 Å². The van der Waals surface area contributed by atoms with Gasteiger partial charge < -0.3 is 15.5 Å². The number of nitrogens with one attached hydrogen (secondary N) is 1. The van der Waals surface area contributed by atoms with Gasteiger partial charge in [0, 0.05) is 12.6 Å². The summed E-state index contributed by atoms with van der Waals surface area (Å²) in [7, 11) is -7.94. The quantitative estimate of drug-likeness (QED) is 0.285. The van der Waals surface area contributed by atoms with Crippen LogP contribution in [0.25, 0.3) is 0 Å². The number of rotatable bonds is 16. The fourth-order valence-electron chi connectivity index (χ4n) is 2.34. The van der Waals surface area contributed by atoms with E-state index in [-0.39, 0.29) is 44.3 Å². The number of phosphoric acid groups is 2. The molecule has 0 spiro atoms. The van der Waals surface area contributed by atoms with Gasteiger partial charge in [-0.2, -0.15) is 0 Å². The highest BCUT2D eigenvalue weighted by Crippen LogP contribution is 2.52. The van der Waals surface area contributed by atoms with E-state index in [0.29, 0.717) is 0 Å². The molecule has 12 nitrogen and oxygen atoms in total. The van der Waals surface area contributed by atoms with Crippen LogP contribution in [0.3, 0.4) is 0 Å². The summed E-state index contributed by atoms with van der Waals surface area (Å²) in [5, 5.41) is 21.7. The second-order valence-corrected chi connectivity index (χ2v) is 9.29. The summed E-state index contributed by atoms with van der Waals surface area (Å²) in [6.07, 6.45) is -1.16. The van der Waals surface area contributed by atoms with Crippen molar-refractivity contribution in [1.82, 2.24) is 5.32 Å². The number of hydrogen-bond acceptors (Lipinski definition) is 11. The second kappa shape index (κ2) is 13.9. The minimum Gasteiger partial charge on any atom is -0.508 e. The lowest BCUT2D eigenvalue weighted by atomic mass is 10.1. The lowest BCUT2D eigenvalue weighted by molar-refractivity contribution is 0.0385. The minimum atomic E-state index is -4.02. The summed E-state index contributed by atoms with van der Waals surface area (Å²) in [5.74, 6) is -1.37. The van der Waals surface area contributed by atoms with Crippen molar-refractivity contribution in [3.8, 4) is 11.5 Å². The molecule has 0 aliphatic carbocycles. The molecule has 1 unspecified atom stereocenters. The van der Waals surface area contributed by atoms with Gasteiger partial charge in [0.1, 0.15) is 17.6 Å². The number of carbonyl (C=O) groups is 1. The van der Waals surface area contributed by atoms with Gasteiger partial charge in [-0.1, -0.05) is 0 Å². The smallest absolute Gasteiger partial charge is 0.475 e. The van der Waals surface area contributed by atoms with Crippen LogP contribution in [0.1, 0.15) is 38.1 Å². The maximum absolute atomic E-state index is 12.8. The van der Waals surface area contributed by atoms with E-state index in [1.54, 1.807) is 27.7 Å². The zero-order valence-electron chi connectivity index (χ0n) is 18.5. The molecule has 0 aromatic heterocycles. The number of phenols is 2. The van der Waals surface area contributed by atoms with Gasteiger partial charge in [-0.25, -0.2) is 9.13 Å². The first-order valence-electron chi connectivity index (χ1n) is 10.0. The Balaban J connectivity index is 2.98. The van der Waals surface area contributed by atoms with E-state index >= 15 is 0 Å². The van der Waals surface area contributed by atoms with Crippen molar-refractivity contribution in [2.24, 2.45) is 0 Å². The fourth-order valence-corrected chi connectivity index (χ4v) is 4.87. The Labute approximate surface area is 187 Å². The van der Waals surface area contributed by atoms with Crippen molar-refractivity contribution in [2.75, 3.05) is 39.6 Å². The Bertz CT molecular complexity index is 800. The van der Waals surface area contributed by atoms with Gasteiger partial charge >= 0.3 is 15.6 Å². The molecule has 0 aliphatic rings. The fraction of sp³-hybridized carbons (Fsp3) is 0.611. The topological polar surface area (TPSA) is 159 Å². The Morgan fingerprint density at radius 3 is 1.94 bits per heavy atom. The number of phosphoric ester groups is 2. The summed E-state index contributed by atoms with van der Waals surface area (Å²) >= 11 is 0. The molecule has 32 heavy (non-hydrogen) atoms. The van der Waals surface area contributed by atoms with Crippen LogP contribution in [-0.2, 0) is 36.3 Å². The van der Waals surface area contributed by atoms with E-state index in [1.807, 2.05) is 0 Å². The molecule has 0 saturated carbocycles. The number of amides is 1. The van der Waals surface area contributed by atoms with Crippen molar-refractivity contribution in [3.05, 3.63) is 23.8 Å². The van der Waals surface area contributed by atoms with Crippen LogP contribution in [0.15, 0.2) is 18.2 Å². The van der Waals surface area contributed by atoms with Crippen LogP contribution in [0.4, 0.5) is 0 Å². The van der Waals surface area contributed by atoms with E-state index in [9.17, 15) is 24.1 Å². The first-order valence-corrected chi connectivity index (χ1v) is 12.9. The number of benzene rings is 1.